The molecule has 0 spiro atoms. The maximum Gasteiger partial charge on any atom is 0.253 e. The minimum absolute atomic E-state index is 0.274. The monoisotopic (exact) mass is 249 g/mol. The molecule has 0 radical (unpaired) electrons. The zero-order chi connectivity index (χ0) is 11.3. The first-order valence-electron chi connectivity index (χ1n) is 4.40. The first-order chi connectivity index (χ1) is 7.09. The number of rotatable bonds is 4. The summed E-state index contributed by atoms with van der Waals surface area (Å²) < 4.78 is 12.5. The van der Waals surface area contributed by atoms with E-state index in [1.807, 2.05) is 0 Å². The fourth-order valence-electron chi connectivity index (χ4n) is 1.06. The molecule has 1 N–H and O–H groups in total. The van der Waals surface area contributed by atoms with Crippen LogP contribution in [0.1, 0.15) is 5.56 Å². The number of carbonyl (C=O) groups is 1. The molecule has 0 aliphatic carbocycles. The maximum absolute atomic E-state index is 12.5. The Morgan fingerprint density at radius 2 is 1.93 bits per heavy atom. The second kappa shape index (κ2) is 5.93. The van der Waals surface area contributed by atoms with Gasteiger partial charge < -0.3 is 5.32 Å². The number of amides is 1. The lowest BCUT2D eigenvalue weighted by molar-refractivity contribution is -0.119. The summed E-state index contributed by atoms with van der Waals surface area (Å²) in [6.45, 7) is 0.431. The number of hydrogen-bond acceptors (Lipinski definition) is 1. The summed E-state index contributed by atoms with van der Waals surface area (Å²) in [6.07, 6.45) is 0.618. The SMILES string of the molecule is O=C(NCCc1ccc(F)cc1)C(Cl)Cl. The summed E-state index contributed by atoms with van der Waals surface area (Å²) >= 11 is 10.7. The second-order valence-corrected chi connectivity index (χ2v) is 4.06. The highest BCUT2D eigenvalue weighted by atomic mass is 35.5. The van der Waals surface area contributed by atoms with Crippen molar-refractivity contribution >= 4 is 29.1 Å². The van der Waals surface area contributed by atoms with Crippen molar-refractivity contribution in [2.24, 2.45) is 0 Å². The number of alkyl halides is 2. The van der Waals surface area contributed by atoms with Gasteiger partial charge in [0.15, 0.2) is 4.84 Å². The van der Waals surface area contributed by atoms with Crippen molar-refractivity contribution in [3.63, 3.8) is 0 Å². The molecule has 0 fully saturated rings. The van der Waals surface area contributed by atoms with Gasteiger partial charge in [0.2, 0.25) is 0 Å². The van der Waals surface area contributed by atoms with Crippen molar-refractivity contribution in [2.45, 2.75) is 11.3 Å². The van der Waals surface area contributed by atoms with Crippen molar-refractivity contribution < 1.29 is 9.18 Å². The van der Waals surface area contributed by atoms with Gasteiger partial charge in [-0.15, -0.1) is 0 Å². The van der Waals surface area contributed by atoms with Gasteiger partial charge in [-0.05, 0) is 24.1 Å². The highest BCUT2D eigenvalue weighted by molar-refractivity contribution is 6.53. The van der Waals surface area contributed by atoms with Gasteiger partial charge in [0.25, 0.3) is 5.91 Å². The quantitative estimate of drug-likeness (QED) is 0.816. The van der Waals surface area contributed by atoms with Crippen molar-refractivity contribution in [3.05, 3.63) is 35.6 Å². The first-order valence-corrected chi connectivity index (χ1v) is 5.27. The van der Waals surface area contributed by atoms with Crippen LogP contribution in [0.5, 0.6) is 0 Å². The molecule has 0 bridgehead atoms. The van der Waals surface area contributed by atoms with Gasteiger partial charge in [-0.2, -0.15) is 0 Å². The topological polar surface area (TPSA) is 29.1 Å². The number of nitrogens with one attached hydrogen (secondary N) is 1. The standard InChI is InChI=1S/C10H10Cl2FNO/c11-9(12)10(15)14-6-5-7-1-3-8(13)4-2-7/h1-4,9H,5-6H2,(H,14,15). The van der Waals surface area contributed by atoms with Crippen LogP contribution >= 0.6 is 23.2 Å². The van der Waals surface area contributed by atoms with E-state index in [9.17, 15) is 9.18 Å². The summed E-state index contributed by atoms with van der Waals surface area (Å²) in [4.78, 5) is 9.91. The van der Waals surface area contributed by atoms with Crippen LogP contribution in [-0.2, 0) is 11.2 Å². The largest absolute Gasteiger partial charge is 0.353 e. The fraction of sp³-hybridized carbons (Fsp3) is 0.300. The Morgan fingerprint density at radius 1 is 1.33 bits per heavy atom. The average molecular weight is 250 g/mol. The molecule has 0 saturated heterocycles. The lowest BCUT2D eigenvalue weighted by atomic mass is 10.1. The predicted molar refractivity (Wildman–Crippen MR) is 58.6 cm³/mol. The van der Waals surface area contributed by atoms with Gasteiger partial charge in [-0.3, -0.25) is 4.79 Å². The molecule has 0 atom stereocenters. The molecule has 2 nitrogen and oxygen atoms in total. The number of carbonyl (C=O) groups excluding carboxylic acids is 1. The summed E-state index contributed by atoms with van der Waals surface area (Å²) in [6, 6.07) is 6.09. The van der Waals surface area contributed by atoms with E-state index in [1.165, 1.54) is 12.1 Å². The molecule has 0 aliphatic heterocycles. The molecule has 5 heteroatoms. The van der Waals surface area contributed by atoms with E-state index >= 15 is 0 Å². The zero-order valence-electron chi connectivity index (χ0n) is 7.84. The van der Waals surface area contributed by atoms with E-state index in [2.05, 4.69) is 5.32 Å². The lowest BCUT2D eigenvalue weighted by Crippen LogP contribution is -2.30. The van der Waals surface area contributed by atoms with Gasteiger partial charge in [0, 0.05) is 6.54 Å². The molecule has 0 unspecified atom stereocenters. The normalized spacial score (nSPS) is 10.4. The summed E-state index contributed by atoms with van der Waals surface area (Å²) in [5, 5.41) is 2.55. The Morgan fingerprint density at radius 3 is 2.47 bits per heavy atom. The molecule has 1 aromatic rings. The van der Waals surface area contributed by atoms with Crippen molar-refractivity contribution in [1.82, 2.24) is 5.32 Å². The highest BCUT2D eigenvalue weighted by Gasteiger charge is 2.09. The Labute approximate surface area is 97.4 Å². The minimum Gasteiger partial charge on any atom is -0.353 e. The number of benzene rings is 1. The van der Waals surface area contributed by atoms with Gasteiger partial charge in [-0.25, -0.2) is 4.39 Å². The Hall–Kier alpha value is -0.800. The number of hydrogen-bond donors (Lipinski definition) is 1. The summed E-state index contributed by atoms with van der Waals surface area (Å²) in [5.74, 6) is -0.690. The van der Waals surface area contributed by atoms with Crippen LogP contribution < -0.4 is 5.32 Å². The second-order valence-electron chi connectivity index (χ2n) is 2.97. The zero-order valence-corrected chi connectivity index (χ0v) is 9.35. The first kappa shape index (κ1) is 12.3. The van der Waals surface area contributed by atoms with Crippen molar-refractivity contribution in [1.29, 1.82) is 0 Å². The van der Waals surface area contributed by atoms with Gasteiger partial charge in [0.05, 0.1) is 0 Å². The summed E-state index contributed by atoms with van der Waals surface area (Å²) in [5.41, 5.74) is 0.942. The van der Waals surface area contributed by atoms with E-state index < -0.39 is 10.7 Å². The van der Waals surface area contributed by atoms with Crippen LogP contribution in [0, 0.1) is 5.82 Å². The average Bonchev–Trinajstić information content (AvgIpc) is 2.20. The Balaban J connectivity index is 2.32. The van der Waals surface area contributed by atoms with E-state index in [1.54, 1.807) is 12.1 Å². The number of halogens is 3. The van der Waals surface area contributed by atoms with Crippen molar-refractivity contribution in [3.8, 4) is 0 Å². The molecule has 1 aromatic carbocycles. The third kappa shape index (κ3) is 4.49. The van der Waals surface area contributed by atoms with E-state index in [-0.39, 0.29) is 5.82 Å². The fourth-order valence-corrected chi connectivity index (χ4v) is 1.21. The third-order valence-corrected chi connectivity index (χ3v) is 2.22. The molecule has 0 aromatic heterocycles. The highest BCUT2D eigenvalue weighted by Crippen LogP contribution is 2.04. The molecular weight excluding hydrogens is 240 g/mol. The molecule has 0 saturated carbocycles. The minimum atomic E-state index is -1.04. The molecule has 1 rings (SSSR count). The van der Waals surface area contributed by atoms with E-state index in [0.717, 1.165) is 5.56 Å². The predicted octanol–water partition coefficient (Wildman–Crippen LogP) is 2.29. The van der Waals surface area contributed by atoms with Crippen LogP contribution in [0.15, 0.2) is 24.3 Å². The molecule has 0 aliphatic rings. The molecule has 82 valence electrons. The Kier molecular flexibility index (Phi) is 4.85. The van der Waals surface area contributed by atoms with Gasteiger partial charge in [0.1, 0.15) is 5.82 Å². The van der Waals surface area contributed by atoms with Crippen LogP contribution in [0.4, 0.5) is 4.39 Å². The lowest BCUT2D eigenvalue weighted by Gasteiger charge is -2.05. The van der Waals surface area contributed by atoms with E-state index in [0.29, 0.717) is 13.0 Å². The van der Waals surface area contributed by atoms with Gasteiger partial charge >= 0.3 is 0 Å². The van der Waals surface area contributed by atoms with Crippen molar-refractivity contribution in [2.75, 3.05) is 6.54 Å². The van der Waals surface area contributed by atoms with Crippen LogP contribution in [0.2, 0.25) is 0 Å². The third-order valence-electron chi connectivity index (χ3n) is 1.82. The summed E-state index contributed by atoms with van der Waals surface area (Å²) in [7, 11) is 0. The molecule has 15 heavy (non-hydrogen) atoms. The van der Waals surface area contributed by atoms with E-state index in [4.69, 9.17) is 23.2 Å². The van der Waals surface area contributed by atoms with Gasteiger partial charge in [-0.1, -0.05) is 35.3 Å². The molecule has 0 heterocycles. The molecular formula is C10H10Cl2FNO. The van der Waals surface area contributed by atoms with Crippen LogP contribution in [-0.4, -0.2) is 17.3 Å². The Bertz CT molecular complexity index is 327. The molecule has 1 amide bonds. The van der Waals surface area contributed by atoms with Crippen LogP contribution in [0.3, 0.4) is 0 Å². The smallest absolute Gasteiger partial charge is 0.253 e. The maximum atomic E-state index is 12.5. The van der Waals surface area contributed by atoms with Crippen LogP contribution in [0.25, 0.3) is 0 Å².